The van der Waals surface area contributed by atoms with Crippen molar-refractivity contribution in [2.75, 3.05) is 5.32 Å². The number of anilines is 1. The maximum absolute atomic E-state index is 12.2. The molecule has 1 unspecified atom stereocenters. The molecule has 0 aliphatic carbocycles. The topological polar surface area (TPSA) is 79.2 Å². The maximum Gasteiger partial charge on any atom is 0.341 e. The SMILES string of the molecule is CC(C)C(C#N)OC(=O)c1cc(NC(=O)CC(C)(C)C)ccc1Cl. The Bertz CT molecular complexity index is 657. The van der Waals surface area contributed by atoms with Crippen LogP contribution in [0.3, 0.4) is 0 Å². The van der Waals surface area contributed by atoms with Crippen LogP contribution >= 0.6 is 11.6 Å². The summed E-state index contributed by atoms with van der Waals surface area (Å²) in [5.41, 5.74) is 0.431. The minimum Gasteiger partial charge on any atom is -0.443 e. The van der Waals surface area contributed by atoms with Crippen LogP contribution < -0.4 is 5.32 Å². The number of carbonyl (C=O) groups is 2. The Hall–Kier alpha value is -2.06. The summed E-state index contributed by atoms with van der Waals surface area (Å²) in [5.74, 6) is -0.971. The number of benzene rings is 1. The molecule has 0 heterocycles. The van der Waals surface area contributed by atoms with Crippen molar-refractivity contribution in [2.24, 2.45) is 11.3 Å². The summed E-state index contributed by atoms with van der Waals surface area (Å²) in [7, 11) is 0. The van der Waals surface area contributed by atoms with E-state index < -0.39 is 12.1 Å². The molecule has 0 spiro atoms. The van der Waals surface area contributed by atoms with Crippen LogP contribution in [0.4, 0.5) is 5.69 Å². The molecule has 1 N–H and O–H groups in total. The summed E-state index contributed by atoms with van der Waals surface area (Å²) in [4.78, 5) is 24.2. The van der Waals surface area contributed by atoms with Gasteiger partial charge in [-0.1, -0.05) is 46.2 Å². The van der Waals surface area contributed by atoms with Crippen LogP contribution in [0, 0.1) is 22.7 Å². The molecule has 0 radical (unpaired) electrons. The predicted octanol–water partition coefficient (Wildman–Crippen LogP) is 4.42. The van der Waals surface area contributed by atoms with E-state index in [9.17, 15) is 9.59 Å². The van der Waals surface area contributed by atoms with E-state index in [1.54, 1.807) is 19.9 Å². The molecule has 0 saturated heterocycles. The van der Waals surface area contributed by atoms with E-state index in [0.29, 0.717) is 12.1 Å². The van der Waals surface area contributed by atoms with Crippen molar-refractivity contribution in [1.29, 1.82) is 5.26 Å². The molecule has 6 heteroatoms. The average Bonchev–Trinajstić information content (AvgIpc) is 2.44. The smallest absolute Gasteiger partial charge is 0.341 e. The molecule has 0 aliphatic rings. The number of nitrogens with one attached hydrogen (secondary N) is 1. The molecule has 1 aromatic rings. The molecule has 1 rings (SSSR count). The van der Waals surface area contributed by atoms with Gasteiger partial charge in [-0.2, -0.15) is 5.26 Å². The second-order valence-corrected chi connectivity index (χ2v) is 7.59. The van der Waals surface area contributed by atoms with Gasteiger partial charge in [-0.25, -0.2) is 4.79 Å². The highest BCUT2D eigenvalue weighted by molar-refractivity contribution is 6.33. The lowest BCUT2D eigenvalue weighted by atomic mass is 9.92. The van der Waals surface area contributed by atoms with E-state index in [0.717, 1.165) is 0 Å². The number of rotatable bonds is 5. The highest BCUT2D eigenvalue weighted by Gasteiger charge is 2.21. The molecule has 130 valence electrons. The lowest BCUT2D eigenvalue weighted by molar-refractivity contribution is -0.117. The standard InChI is InChI=1S/C18H23ClN2O3/c1-11(2)15(10-20)24-17(23)13-8-12(6-7-14(13)19)21-16(22)9-18(3,4)5/h6-8,11,15H,9H2,1-5H3,(H,21,22). The summed E-state index contributed by atoms with van der Waals surface area (Å²) in [6, 6.07) is 6.53. The van der Waals surface area contributed by atoms with Gasteiger partial charge < -0.3 is 10.1 Å². The Morgan fingerprint density at radius 2 is 1.96 bits per heavy atom. The van der Waals surface area contributed by atoms with Gasteiger partial charge in [0.15, 0.2) is 6.10 Å². The first kappa shape index (κ1) is 20.0. The first-order chi connectivity index (χ1) is 11.0. The van der Waals surface area contributed by atoms with Gasteiger partial charge in [0.1, 0.15) is 6.07 Å². The summed E-state index contributed by atoms with van der Waals surface area (Å²) in [6.45, 7) is 9.46. The van der Waals surface area contributed by atoms with Gasteiger partial charge >= 0.3 is 5.97 Å². The van der Waals surface area contributed by atoms with E-state index >= 15 is 0 Å². The van der Waals surface area contributed by atoms with Crippen molar-refractivity contribution in [3.8, 4) is 6.07 Å². The highest BCUT2D eigenvalue weighted by atomic mass is 35.5. The zero-order chi connectivity index (χ0) is 18.5. The zero-order valence-electron chi connectivity index (χ0n) is 14.6. The third-order valence-corrected chi connectivity index (χ3v) is 3.46. The minimum absolute atomic E-state index is 0.117. The fraction of sp³-hybridized carbons (Fsp3) is 0.500. The van der Waals surface area contributed by atoms with Gasteiger partial charge in [0, 0.05) is 18.0 Å². The quantitative estimate of drug-likeness (QED) is 0.797. The molecule has 1 aromatic carbocycles. The molecule has 24 heavy (non-hydrogen) atoms. The fourth-order valence-corrected chi connectivity index (χ4v) is 2.13. The Labute approximate surface area is 147 Å². The minimum atomic E-state index is -0.854. The van der Waals surface area contributed by atoms with Crippen LogP contribution in [0.5, 0.6) is 0 Å². The number of ether oxygens (including phenoxy) is 1. The average molecular weight is 351 g/mol. The third-order valence-electron chi connectivity index (χ3n) is 3.13. The first-order valence-electron chi connectivity index (χ1n) is 7.73. The molecule has 0 aromatic heterocycles. The Morgan fingerprint density at radius 1 is 1.33 bits per heavy atom. The van der Waals surface area contributed by atoms with E-state index in [1.165, 1.54) is 12.1 Å². The molecule has 0 saturated carbocycles. The number of hydrogen-bond donors (Lipinski definition) is 1. The monoisotopic (exact) mass is 350 g/mol. The van der Waals surface area contributed by atoms with Crippen LogP contribution in [-0.2, 0) is 9.53 Å². The molecule has 0 aliphatic heterocycles. The third kappa shape index (κ3) is 6.21. The summed E-state index contributed by atoms with van der Waals surface area (Å²) < 4.78 is 5.17. The first-order valence-corrected chi connectivity index (χ1v) is 8.11. The maximum atomic E-state index is 12.2. The van der Waals surface area contributed by atoms with Gasteiger partial charge in [-0.3, -0.25) is 4.79 Å². The lowest BCUT2D eigenvalue weighted by Gasteiger charge is -2.18. The van der Waals surface area contributed by atoms with Crippen molar-refractivity contribution in [3.63, 3.8) is 0 Å². The number of amides is 1. The normalized spacial score (nSPS) is 12.4. The van der Waals surface area contributed by atoms with Crippen molar-refractivity contribution in [3.05, 3.63) is 28.8 Å². The van der Waals surface area contributed by atoms with Gasteiger partial charge in [0.25, 0.3) is 0 Å². The number of nitrogens with zero attached hydrogens (tertiary/aromatic N) is 1. The van der Waals surface area contributed by atoms with Crippen molar-refractivity contribution < 1.29 is 14.3 Å². The molecule has 1 amide bonds. The summed E-state index contributed by atoms with van der Waals surface area (Å²) in [5, 5.41) is 12.0. The molecule has 1 atom stereocenters. The summed E-state index contributed by atoms with van der Waals surface area (Å²) >= 11 is 6.04. The van der Waals surface area contributed by atoms with Crippen molar-refractivity contribution >= 4 is 29.2 Å². The number of hydrogen-bond acceptors (Lipinski definition) is 4. The van der Waals surface area contributed by atoms with Gasteiger partial charge in [0.2, 0.25) is 5.91 Å². The highest BCUT2D eigenvalue weighted by Crippen LogP contribution is 2.24. The number of nitriles is 1. The lowest BCUT2D eigenvalue weighted by Crippen LogP contribution is -2.22. The van der Waals surface area contributed by atoms with Crippen LogP contribution in [0.15, 0.2) is 18.2 Å². The Balaban J connectivity index is 2.92. The van der Waals surface area contributed by atoms with Crippen LogP contribution in [-0.4, -0.2) is 18.0 Å². The fourth-order valence-electron chi connectivity index (χ4n) is 1.94. The van der Waals surface area contributed by atoms with E-state index in [4.69, 9.17) is 21.6 Å². The van der Waals surface area contributed by atoms with Crippen molar-refractivity contribution in [1.82, 2.24) is 0 Å². The summed E-state index contributed by atoms with van der Waals surface area (Å²) in [6.07, 6.45) is -0.507. The van der Waals surface area contributed by atoms with Gasteiger partial charge in [0.05, 0.1) is 10.6 Å². The van der Waals surface area contributed by atoms with E-state index in [2.05, 4.69) is 5.32 Å². The van der Waals surface area contributed by atoms with E-state index in [-0.39, 0.29) is 27.8 Å². The van der Waals surface area contributed by atoms with E-state index in [1.807, 2.05) is 26.8 Å². The predicted molar refractivity (Wildman–Crippen MR) is 93.8 cm³/mol. The van der Waals surface area contributed by atoms with Gasteiger partial charge in [-0.05, 0) is 23.6 Å². The number of carbonyl (C=O) groups excluding carboxylic acids is 2. The van der Waals surface area contributed by atoms with Crippen LogP contribution in [0.2, 0.25) is 5.02 Å². The Kier molecular flexibility index (Phi) is 6.80. The molecular weight excluding hydrogens is 328 g/mol. The number of halogens is 1. The molecule has 0 bridgehead atoms. The van der Waals surface area contributed by atoms with Crippen LogP contribution in [0.1, 0.15) is 51.4 Å². The molecule has 5 nitrogen and oxygen atoms in total. The Morgan fingerprint density at radius 3 is 2.46 bits per heavy atom. The van der Waals surface area contributed by atoms with Crippen molar-refractivity contribution in [2.45, 2.75) is 47.1 Å². The molecule has 0 fully saturated rings. The zero-order valence-corrected chi connectivity index (χ0v) is 15.4. The second kappa shape index (κ2) is 8.16. The van der Waals surface area contributed by atoms with Crippen LogP contribution in [0.25, 0.3) is 0 Å². The second-order valence-electron chi connectivity index (χ2n) is 7.18. The molecular formula is C18H23ClN2O3. The largest absolute Gasteiger partial charge is 0.443 e. The van der Waals surface area contributed by atoms with Gasteiger partial charge in [-0.15, -0.1) is 0 Å². The number of esters is 1.